The molecule has 5 atom stereocenters. The molecular formula is C32H50ClN5O5. The summed E-state index contributed by atoms with van der Waals surface area (Å²) in [6.45, 7) is 15.2. The van der Waals surface area contributed by atoms with Crippen molar-refractivity contribution in [1.29, 1.82) is 0 Å². The fourth-order valence-corrected chi connectivity index (χ4v) is 5.17. The van der Waals surface area contributed by atoms with Crippen molar-refractivity contribution in [1.82, 2.24) is 26.6 Å². The number of carbonyl (C=O) groups excluding carboxylic acids is 5. The molecule has 1 aromatic carbocycles. The number of amides is 5. The number of halogens is 1. The van der Waals surface area contributed by atoms with Gasteiger partial charge < -0.3 is 26.6 Å². The Labute approximate surface area is 261 Å². The maximum Gasteiger partial charge on any atom is 0.243 e. The lowest BCUT2D eigenvalue weighted by Crippen LogP contribution is -2.59. The number of benzene rings is 1. The van der Waals surface area contributed by atoms with E-state index in [9.17, 15) is 24.0 Å². The molecule has 1 aliphatic heterocycles. The normalized spacial score (nSPS) is 24.7. The monoisotopic (exact) mass is 619 g/mol. The van der Waals surface area contributed by atoms with Gasteiger partial charge in [0.05, 0.1) is 0 Å². The van der Waals surface area contributed by atoms with Crippen molar-refractivity contribution >= 4 is 41.1 Å². The van der Waals surface area contributed by atoms with Crippen LogP contribution in [0.25, 0.3) is 0 Å². The topological polar surface area (TPSA) is 146 Å². The van der Waals surface area contributed by atoms with Gasteiger partial charge in [-0.3, -0.25) is 24.0 Å². The fraction of sp³-hybridized carbons (Fsp3) is 0.656. The lowest BCUT2D eigenvalue weighted by atomic mass is 9.98. The van der Waals surface area contributed by atoms with Gasteiger partial charge in [-0.15, -0.1) is 0 Å². The molecule has 1 saturated heterocycles. The van der Waals surface area contributed by atoms with Gasteiger partial charge >= 0.3 is 0 Å². The van der Waals surface area contributed by atoms with Crippen molar-refractivity contribution in [2.45, 2.75) is 111 Å². The maximum absolute atomic E-state index is 13.8. The van der Waals surface area contributed by atoms with E-state index in [1.165, 1.54) is 0 Å². The smallest absolute Gasteiger partial charge is 0.243 e. The molecule has 0 unspecified atom stereocenters. The average molecular weight is 620 g/mol. The van der Waals surface area contributed by atoms with E-state index in [1.807, 2.05) is 41.5 Å². The van der Waals surface area contributed by atoms with Crippen LogP contribution in [-0.2, 0) is 30.4 Å². The lowest BCUT2D eigenvalue weighted by Gasteiger charge is -2.28. The van der Waals surface area contributed by atoms with Crippen LogP contribution in [0.5, 0.6) is 0 Å². The molecule has 2 rings (SSSR count). The van der Waals surface area contributed by atoms with Crippen molar-refractivity contribution in [3.05, 3.63) is 34.9 Å². The Bertz CT molecular complexity index is 1120. The summed E-state index contributed by atoms with van der Waals surface area (Å²) < 4.78 is 0. The van der Waals surface area contributed by atoms with Crippen LogP contribution in [0.1, 0.15) is 80.2 Å². The summed E-state index contributed by atoms with van der Waals surface area (Å²) in [6, 6.07) is 2.13. The van der Waals surface area contributed by atoms with Gasteiger partial charge in [0.25, 0.3) is 0 Å². The standard InChI is InChI=1S/C32H50ClN5O5/c1-17(2)13-23-28(39)35-25(15-19(5)6)31(42)38-27(20(7)8)32(43)37-24(14-18(3)4)29(40)36-26(30(41)34-23)16-21-9-11-22(33)12-10-21/h9-12,17-20,23-27H,13-16H2,1-8H3,(H,34,41)(H,35,39)(H,36,40)(H,37,43)(H,38,42)/t23-,24-,25-,26+,27-/m0/s1. The van der Waals surface area contributed by atoms with Crippen molar-refractivity contribution < 1.29 is 24.0 Å². The zero-order valence-electron chi connectivity index (χ0n) is 26.8. The zero-order chi connectivity index (χ0) is 32.4. The van der Waals surface area contributed by atoms with Crippen molar-refractivity contribution in [3.63, 3.8) is 0 Å². The van der Waals surface area contributed by atoms with Gasteiger partial charge in [-0.2, -0.15) is 0 Å². The van der Waals surface area contributed by atoms with Crippen LogP contribution in [-0.4, -0.2) is 59.7 Å². The second-order valence-electron chi connectivity index (χ2n) is 13.2. The quantitative estimate of drug-likeness (QED) is 0.288. The fourth-order valence-electron chi connectivity index (χ4n) is 5.04. The SMILES string of the molecule is CC(C)C[C@@H]1NC(=O)[C@H](CC(C)C)NC(=O)[C@@H](Cc2ccc(Cl)cc2)NC(=O)[C@H](CC(C)C)NC(=O)[C@H](C(C)C)NC1=O. The first-order chi connectivity index (χ1) is 20.1. The second-order valence-corrected chi connectivity index (χ2v) is 13.6. The minimum Gasteiger partial charge on any atom is -0.343 e. The minimum atomic E-state index is -1.04. The molecule has 0 radical (unpaired) electrons. The third-order valence-electron chi connectivity index (χ3n) is 7.25. The number of rotatable bonds is 9. The number of hydrogen-bond acceptors (Lipinski definition) is 5. The molecule has 0 bridgehead atoms. The van der Waals surface area contributed by atoms with Gasteiger partial charge in [0, 0.05) is 11.4 Å². The van der Waals surface area contributed by atoms with Crippen molar-refractivity contribution in [2.24, 2.45) is 23.7 Å². The molecule has 0 aromatic heterocycles. The predicted octanol–water partition coefficient (Wildman–Crippen LogP) is 3.11. The molecule has 240 valence electrons. The highest BCUT2D eigenvalue weighted by Gasteiger charge is 2.36. The van der Waals surface area contributed by atoms with Crippen LogP contribution in [0, 0.1) is 23.7 Å². The van der Waals surface area contributed by atoms with Crippen LogP contribution >= 0.6 is 11.6 Å². The maximum atomic E-state index is 13.8. The molecule has 1 aliphatic rings. The summed E-state index contributed by atoms with van der Waals surface area (Å²) in [5.74, 6) is -2.73. The molecule has 1 aromatic rings. The van der Waals surface area contributed by atoms with Gasteiger partial charge in [0.1, 0.15) is 30.2 Å². The predicted molar refractivity (Wildman–Crippen MR) is 168 cm³/mol. The van der Waals surface area contributed by atoms with E-state index in [4.69, 9.17) is 11.6 Å². The Balaban J connectivity index is 2.60. The summed E-state index contributed by atoms with van der Waals surface area (Å²) in [5, 5.41) is 14.7. The molecule has 5 N–H and O–H groups in total. The summed E-state index contributed by atoms with van der Waals surface area (Å²) in [6.07, 6.45) is 1.11. The largest absolute Gasteiger partial charge is 0.343 e. The van der Waals surface area contributed by atoms with Crippen molar-refractivity contribution in [2.75, 3.05) is 0 Å². The summed E-state index contributed by atoms with van der Waals surface area (Å²) in [4.78, 5) is 68.1. The minimum absolute atomic E-state index is 0.0430. The molecule has 5 amide bonds. The average Bonchev–Trinajstić information content (AvgIpc) is 2.89. The van der Waals surface area contributed by atoms with Gasteiger partial charge in [-0.25, -0.2) is 0 Å². The zero-order valence-corrected chi connectivity index (χ0v) is 27.5. The Kier molecular flexibility index (Phi) is 14.0. The highest BCUT2D eigenvalue weighted by Crippen LogP contribution is 2.15. The van der Waals surface area contributed by atoms with E-state index in [1.54, 1.807) is 38.1 Å². The third kappa shape index (κ3) is 11.8. The van der Waals surface area contributed by atoms with E-state index >= 15 is 0 Å². The molecular weight excluding hydrogens is 570 g/mol. The second kappa shape index (κ2) is 16.6. The van der Waals surface area contributed by atoms with Gasteiger partial charge in [0.15, 0.2) is 0 Å². The first-order valence-corrected chi connectivity index (χ1v) is 15.7. The summed E-state index contributed by atoms with van der Waals surface area (Å²) in [7, 11) is 0. The first-order valence-electron chi connectivity index (χ1n) is 15.3. The molecule has 1 heterocycles. The Hall–Kier alpha value is -3.14. The highest BCUT2D eigenvalue weighted by atomic mass is 35.5. The van der Waals surface area contributed by atoms with E-state index < -0.39 is 59.7 Å². The third-order valence-corrected chi connectivity index (χ3v) is 7.51. The molecule has 0 saturated carbocycles. The molecule has 0 spiro atoms. The molecule has 1 fully saturated rings. The van der Waals surface area contributed by atoms with E-state index in [-0.39, 0.29) is 30.1 Å². The lowest BCUT2D eigenvalue weighted by molar-refractivity contribution is -0.135. The van der Waals surface area contributed by atoms with Crippen LogP contribution in [0.3, 0.4) is 0 Å². The van der Waals surface area contributed by atoms with Crippen molar-refractivity contribution in [3.8, 4) is 0 Å². The Morgan fingerprint density at radius 2 is 0.884 bits per heavy atom. The molecule has 0 aliphatic carbocycles. The number of carbonyl (C=O) groups is 5. The van der Waals surface area contributed by atoms with E-state index in [0.29, 0.717) is 24.3 Å². The number of nitrogens with one attached hydrogen (secondary N) is 5. The molecule has 11 heteroatoms. The Morgan fingerprint density at radius 1 is 0.535 bits per heavy atom. The van der Waals surface area contributed by atoms with Crippen LogP contribution in [0.2, 0.25) is 5.02 Å². The van der Waals surface area contributed by atoms with E-state index in [2.05, 4.69) is 26.6 Å². The van der Waals surface area contributed by atoms with Crippen LogP contribution in [0.15, 0.2) is 24.3 Å². The van der Waals surface area contributed by atoms with Gasteiger partial charge in [-0.05, 0) is 60.6 Å². The summed E-state index contributed by atoms with van der Waals surface area (Å²) >= 11 is 6.06. The molecule has 10 nitrogen and oxygen atoms in total. The van der Waals surface area contributed by atoms with Crippen LogP contribution in [0.4, 0.5) is 0 Å². The van der Waals surface area contributed by atoms with Gasteiger partial charge in [-0.1, -0.05) is 79.1 Å². The first kappa shape index (κ1) is 36.1. The van der Waals surface area contributed by atoms with Gasteiger partial charge in [0.2, 0.25) is 29.5 Å². The van der Waals surface area contributed by atoms with Crippen LogP contribution < -0.4 is 26.6 Å². The molecule has 43 heavy (non-hydrogen) atoms. The number of hydrogen-bond donors (Lipinski definition) is 5. The van der Waals surface area contributed by atoms with E-state index in [0.717, 1.165) is 5.56 Å². The Morgan fingerprint density at radius 3 is 1.28 bits per heavy atom. The highest BCUT2D eigenvalue weighted by molar-refractivity contribution is 6.30. The summed E-state index contributed by atoms with van der Waals surface area (Å²) in [5.41, 5.74) is 0.753.